The summed E-state index contributed by atoms with van der Waals surface area (Å²) in [6.07, 6.45) is 1.56. The van der Waals surface area contributed by atoms with Crippen LogP contribution in [-0.4, -0.2) is 10.1 Å². The van der Waals surface area contributed by atoms with Gasteiger partial charge in [-0.3, -0.25) is 4.98 Å². The first-order chi connectivity index (χ1) is 14.1. The molecule has 0 spiro atoms. The summed E-state index contributed by atoms with van der Waals surface area (Å²) in [4.78, 5) is 4.28. The molecule has 1 N–H and O–H groups in total. The topological polar surface area (TPSA) is 99.2 Å². The van der Waals surface area contributed by atoms with E-state index in [1.807, 2.05) is 12.1 Å². The molecule has 0 fully saturated rings. The van der Waals surface area contributed by atoms with E-state index in [2.05, 4.69) is 17.1 Å². The number of aromatic nitrogens is 1. The van der Waals surface area contributed by atoms with E-state index in [-0.39, 0.29) is 19.8 Å². The number of aryl methyl sites for hydroxylation is 1. The first kappa shape index (κ1) is 19.9. The van der Waals surface area contributed by atoms with Gasteiger partial charge in [0.15, 0.2) is 11.5 Å². The highest BCUT2D eigenvalue weighted by Crippen LogP contribution is 2.35. The number of nitriles is 2. The molecule has 0 aliphatic carbocycles. The van der Waals surface area contributed by atoms with Crippen LogP contribution in [0.4, 0.5) is 0 Å². The van der Waals surface area contributed by atoms with Gasteiger partial charge in [-0.05, 0) is 42.3 Å². The van der Waals surface area contributed by atoms with Crippen LogP contribution >= 0.6 is 0 Å². The highest BCUT2D eigenvalue weighted by atomic mass is 16.5. The van der Waals surface area contributed by atoms with Gasteiger partial charge in [0.25, 0.3) is 0 Å². The van der Waals surface area contributed by atoms with Gasteiger partial charge in [-0.1, -0.05) is 24.3 Å². The Morgan fingerprint density at radius 2 is 1.45 bits per heavy atom. The molecule has 3 rings (SSSR count). The van der Waals surface area contributed by atoms with Crippen LogP contribution in [-0.2, 0) is 19.8 Å². The Hall–Kier alpha value is -3.87. The predicted molar refractivity (Wildman–Crippen MR) is 106 cm³/mol. The fourth-order valence-corrected chi connectivity index (χ4v) is 2.82. The molecule has 0 bridgehead atoms. The maximum atomic E-state index is 9.71. The zero-order valence-corrected chi connectivity index (χ0v) is 15.9. The summed E-state index contributed by atoms with van der Waals surface area (Å²) in [5.74, 6) is 0.856. The van der Waals surface area contributed by atoms with Crippen molar-refractivity contribution in [1.29, 1.82) is 10.5 Å². The summed E-state index contributed by atoms with van der Waals surface area (Å²) in [6.45, 7) is 1.99. The van der Waals surface area contributed by atoms with Gasteiger partial charge in [-0.15, -0.1) is 0 Å². The second-order valence-electron chi connectivity index (χ2n) is 6.39. The molecular formula is C23H19N3O3. The lowest BCUT2D eigenvalue weighted by Crippen LogP contribution is -2.06. The third-order valence-electron chi connectivity index (χ3n) is 4.29. The molecule has 0 unspecified atom stereocenters. The maximum Gasteiger partial charge on any atom is 0.183 e. The van der Waals surface area contributed by atoms with Crippen molar-refractivity contribution >= 4 is 0 Å². The van der Waals surface area contributed by atoms with Gasteiger partial charge in [0.2, 0.25) is 0 Å². The van der Waals surface area contributed by atoms with Crippen LogP contribution < -0.4 is 9.47 Å². The number of hydrogen-bond donors (Lipinski definition) is 1. The minimum absolute atomic E-state index is 0.215. The first-order valence-corrected chi connectivity index (χ1v) is 8.97. The third-order valence-corrected chi connectivity index (χ3v) is 4.29. The number of benzene rings is 2. The van der Waals surface area contributed by atoms with Crippen LogP contribution in [0, 0.1) is 29.6 Å². The second kappa shape index (κ2) is 9.36. The van der Waals surface area contributed by atoms with Crippen molar-refractivity contribution in [1.82, 2.24) is 4.98 Å². The summed E-state index contributed by atoms with van der Waals surface area (Å²) in [5, 5.41) is 27.8. The smallest absolute Gasteiger partial charge is 0.183 e. The monoisotopic (exact) mass is 385 g/mol. The summed E-state index contributed by atoms with van der Waals surface area (Å²) < 4.78 is 11.9. The SMILES string of the molecule is Cc1ncc(CO)c(OCc2cccc(C#N)c2)c1OCc1cccc(C#N)c1. The number of aliphatic hydroxyl groups excluding tert-OH is 1. The van der Waals surface area contributed by atoms with Gasteiger partial charge >= 0.3 is 0 Å². The summed E-state index contributed by atoms with van der Waals surface area (Å²) >= 11 is 0. The van der Waals surface area contributed by atoms with E-state index in [0.29, 0.717) is 33.9 Å². The van der Waals surface area contributed by atoms with E-state index < -0.39 is 0 Å². The van der Waals surface area contributed by atoms with Crippen molar-refractivity contribution < 1.29 is 14.6 Å². The van der Waals surface area contributed by atoms with Crippen LogP contribution in [0.25, 0.3) is 0 Å². The van der Waals surface area contributed by atoms with E-state index in [4.69, 9.17) is 20.0 Å². The van der Waals surface area contributed by atoms with E-state index in [9.17, 15) is 5.11 Å². The van der Waals surface area contributed by atoms with Crippen molar-refractivity contribution in [3.8, 4) is 23.6 Å². The third kappa shape index (κ3) is 4.90. The molecule has 0 atom stereocenters. The van der Waals surface area contributed by atoms with Crippen molar-refractivity contribution in [2.75, 3.05) is 0 Å². The molecule has 6 heteroatoms. The summed E-state index contributed by atoms with van der Waals surface area (Å²) in [5.41, 5.74) is 3.90. The lowest BCUT2D eigenvalue weighted by atomic mass is 10.1. The van der Waals surface area contributed by atoms with Crippen molar-refractivity contribution in [3.05, 3.63) is 88.2 Å². The van der Waals surface area contributed by atoms with Crippen molar-refractivity contribution in [2.45, 2.75) is 26.7 Å². The van der Waals surface area contributed by atoms with Gasteiger partial charge < -0.3 is 14.6 Å². The highest BCUT2D eigenvalue weighted by molar-refractivity contribution is 5.48. The van der Waals surface area contributed by atoms with E-state index >= 15 is 0 Å². The van der Waals surface area contributed by atoms with Gasteiger partial charge in [0, 0.05) is 11.8 Å². The molecule has 1 heterocycles. The van der Waals surface area contributed by atoms with E-state index in [1.54, 1.807) is 49.5 Å². The molecule has 0 aliphatic rings. The number of rotatable bonds is 7. The number of hydrogen-bond acceptors (Lipinski definition) is 6. The van der Waals surface area contributed by atoms with Crippen LogP contribution in [0.15, 0.2) is 54.7 Å². The second-order valence-corrected chi connectivity index (χ2v) is 6.39. The van der Waals surface area contributed by atoms with E-state index in [1.165, 1.54) is 0 Å². The molecule has 0 radical (unpaired) electrons. The first-order valence-electron chi connectivity index (χ1n) is 8.97. The van der Waals surface area contributed by atoms with E-state index in [0.717, 1.165) is 11.1 Å². The van der Waals surface area contributed by atoms with Crippen molar-refractivity contribution in [2.24, 2.45) is 0 Å². The fraction of sp³-hybridized carbons (Fsp3) is 0.174. The van der Waals surface area contributed by atoms with Gasteiger partial charge in [0.05, 0.1) is 35.6 Å². The molecule has 3 aromatic rings. The number of aliphatic hydroxyl groups is 1. The Morgan fingerprint density at radius 1 is 0.897 bits per heavy atom. The summed E-state index contributed by atoms with van der Waals surface area (Å²) in [7, 11) is 0. The molecule has 2 aromatic carbocycles. The predicted octanol–water partition coefficient (Wildman–Crippen LogP) is 3.78. The molecule has 0 aliphatic heterocycles. The van der Waals surface area contributed by atoms with Gasteiger partial charge in [-0.25, -0.2) is 0 Å². The zero-order valence-electron chi connectivity index (χ0n) is 15.9. The molecule has 144 valence electrons. The minimum Gasteiger partial charge on any atom is -0.484 e. The number of nitrogens with zero attached hydrogens (tertiary/aromatic N) is 3. The Morgan fingerprint density at radius 3 is 1.97 bits per heavy atom. The van der Waals surface area contributed by atoms with Crippen LogP contribution in [0.1, 0.15) is 33.5 Å². The van der Waals surface area contributed by atoms with Crippen LogP contribution in [0.3, 0.4) is 0 Å². The van der Waals surface area contributed by atoms with Crippen LogP contribution in [0.5, 0.6) is 11.5 Å². The quantitative estimate of drug-likeness (QED) is 0.664. The maximum absolute atomic E-state index is 9.71. The molecule has 6 nitrogen and oxygen atoms in total. The highest BCUT2D eigenvalue weighted by Gasteiger charge is 2.16. The molecule has 0 amide bonds. The average Bonchev–Trinajstić information content (AvgIpc) is 2.77. The fourth-order valence-electron chi connectivity index (χ4n) is 2.82. The Kier molecular flexibility index (Phi) is 6.42. The molecule has 1 aromatic heterocycles. The molecule has 0 saturated heterocycles. The van der Waals surface area contributed by atoms with Crippen molar-refractivity contribution in [3.63, 3.8) is 0 Å². The zero-order chi connectivity index (χ0) is 20.6. The molecule has 0 saturated carbocycles. The Labute approximate surface area is 169 Å². The minimum atomic E-state index is -0.249. The largest absolute Gasteiger partial charge is 0.484 e. The Balaban J connectivity index is 1.84. The number of pyridine rings is 1. The lowest BCUT2D eigenvalue weighted by Gasteiger charge is -2.17. The van der Waals surface area contributed by atoms with Gasteiger partial charge in [-0.2, -0.15) is 10.5 Å². The normalized spacial score (nSPS) is 10.1. The lowest BCUT2D eigenvalue weighted by molar-refractivity contribution is 0.234. The summed E-state index contributed by atoms with van der Waals surface area (Å²) in [6, 6.07) is 18.5. The molecular weight excluding hydrogens is 366 g/mol. The van der Waals surface area contributed by atoms with Crippen LogP contribution in [0.2, 0.25) is 0 Å². The Bertz CT molecular complexity index is 1100. The average molecular weight is 385 g/mol. The van der Waals surface area contributed by atoms with Gasteiger partial charge in [0.1, 0.15) is 13.2 Å². The number of ether oxygens (including phenoxy) is 2. The molecule has 29 heavy (non-hydrogen) atoms. The standard InChI is InChI=1S/C23H19N3O3/c1-16-22(28-14-19-6-2-4-17(8-19)10-24)23(21(13-27)12-26-16)29-15-20-7-3-5-18(9-20)11-25/h2-9,12,27H,13-15H2,1H3.